The Morgan fingerprint density at radius 1 is 1.06 bits per heavy atom. The fourth-order valence-electron chi connectivity index (χ4n) is 2.94. The Balaban J connectivity index is 1.59. The summed E-state index contributed by atoms with van der Waals surface area (Å²) in [5.41, 5.74) is 1.57. The Labute approximate surface area is 186 Å². The van der Waals surface area contributed by atoms with Crippen LogP contribution in [0.15, 0.2) is 71.6 Å². The van der Waals surface area contributed by atoms with Crippen LogP contribution in [0.25, 0.3) is 10.2 Å². The van der Waals surface area contributed by atoms with E-state index in [-0.39, 0.29) is 27.0 Å². The normalized spacial score (nSPS) is 11.3. The molecule has 0 saturated carbocycles. The van der Waals surface area contributed by atoms with Crippen LogP contribution in [-0.4, -0.2) is 24.2 Å². The number of aryl methyl sites for hydroxylation is 1. The average Bonchev–Trinajstić information content (AvgIpc) is 3.15. The van der Waals surface area contributed by atoms with Gasteiger partial charge in [-0.25, -0.2) is 13.4 Å². The van der Waals surface area contributed by atoms with Gasteiger partial charge in [-0.05, 0) is 37.3 Å². The topological polar surface area (TPSA) is 131 Å². The molecule has 4 aromatic rings. The second-order valence-corrected chi connectivity index (χ2v) is 9.56. The zero-order chi connectivity index (χ0) is 22.9. The molecule has 4 rings (SSSR count). The number of amides is 1. The number of nitrogens with zero attached hydrogens (tertiary/aromatic N) is 2. The first kappa shape index (κ1) is 21.4. The Kier molecular flexibility index (Phi) is 5.59. The van der Waals surface area contributed by atoms with Crippen molar-refractivity contribution in [2.24, 2.45) is 0 Å². The first-order chi connectivity index (χ1) is 15.2. The van der Waals surface area contributed by atoms with Gasteiger partial charge >= 0.3 is 0 Å². The third kappa shape index (κ3) is 4.43. The monoisotopic (exact) mass is 468 g/mol. The average molecular weight is 469 g/mol. The van der Waals surface area contributed by atoms with Gasteiger partial charge in [0, 0.05) is 12.1 Å². The standard InChI is InChI=1S/C21H16N4O5S2/c1-13-6-9-15(10-7-13)32(29,30)24-17-5-3-2-4-16(17)20(26)23-21-22-18-11-8-14(25(27)28)12-19(18)31-21/h2-12,24H,1H3,(H,22,23,26). The highest BCUT2D eigenvalue weighted by Crippen LogP contribution is 2.30. The summed E-state index contributed by atoms with van der Waals surface area (Å²) in [4.78, 5) is 27.6. The van der Waals surface area contributed by atoms with Gasteiger partial charge in [0.05, 0.1) is 31.3 Å². The van der Waals surface area contributed by atoms with Crippen molar-refractivity contribution >= 4 is 54.0 Å². The van der Waals surface area contributed by atoms with Crippen molar-refractivity contribution in [2.45, 2.75) is 11.8 Å². The van der Waals surface area contributed by atoms with Crippen molar-refractivity contribution < 1.29 is 18.1 Å². The molecule has 0 bridgehead atoms. The number of carbonyl (C=O) groups excluding carboxylic acids is 1. The summed E-state index contributed by atoms with van der Waals surface area (Å²) >= 11 is 1.08. The number of rotatable bonds is 6. The van der Waals surface area contributed by atoms with E-state index >= 15 is 0 Å². The molecule has 0 radical (unpaired) electrons. The minimum absolute atomic E-state index is 0.0742. The van der Waals surface area contributed by atoms with Crippen molar-refractivity contribution in [3.05, 3.63) is 88.0 Å². The zero-order valence-electron chi connectivity index (χ0n) is 16.6. The number of nitrogens with one attached hydrogen (secondary N) is 2. The van der Waals surface area contributed by atoms with Gasteiger partial charge in [-0.15, -0.1) is 0 Å². The third-order valence-electron chi connectivity index (χ3n) is 4.55. The zero-order valence-corrected chi connectivity index (χ0v) is 18.2. The van der Waals surface area contributed by atoms with E-state index in [0.29, 0.717) is 10.2 Å². The molecule has 0 atom stereocenters. The number of sulfonamides is 1. The Hall–Kier alpha value is -3.83. The van der Waals surface area contributed by atoms with Gasteiger partial charge in [0.15, 0.2) is 5.13 Å². The number of anilines is 2. The molecule has 0 fully saturated rings. The fraction of sp³-hybridized carbons (Fsp3) is 0.0476. The highest BCUT2D eigenvalue weighted by Gasteiger charge is 2.20. The van der Waals surface area contributed by atoms with E-state index in [1.165, 1.54) is 42.5 Å². The SMILES string of the molecule is Cc1ccc(S(=O)(=O)Nc2ccccc2C(=O)Nc2nc3ccc([N+](=O)[O-])cc3s2)cc1. The molecule has 9 nitrogen and oxygen atoms in total. The van der Waals surface area contributed by atoms with Crippen LogP contribution in [0.4, 0.5) is 16.5 Å². The summed E-state index contributed by atoms with van der Waals surface area (Å²) in [6, 6.07) is 16.8. The summed E-state index contributed by atoms with van der Waals surface area (Å²) in [6.45, 7) is 1.85. The maximum Gasteiger partial charge on any atom is 0.270 e. The van der Waals surface area contributed by atoms with E-state index in [1.54, 1.807) is 24.3 Å². The first-order valence-electron chi connectivity index (χ1n) is 9.28. The smallest absolute Gasteiger partial charge is 0.270 e. The largest absolute Gasteiger partial charge is 0.298 e. The summed E-state index contributed by atoms with van der Waals surface area (Å²) in [5.74, 6) is -0.569. The molecule has 11 heteroatoms. The lowest BCUT2D eigenvalue weighted by Crippen LogP contribution is -2.18. The first-order valence-corrected chi connectivity index (χ1v) is 11.6. The highest BCUT2D eigenvalue weighted by atomic mass is 32.2. The van der Waals surface area contributed by atoms with E-state index < -0.39 is 20.9 Å². The number of fused-ring (bicyclic) bond motifs is 1. The molecule has 0 aliphatic rings. The van der Waals surface area contributed by atoms with Crippen LogP contribution >= 0.6 is 11.3 Å². The maximum atomic E-state index is 12.9. The van der Waals surface area contributed by atoms with Crippen LogP contribution in [0, 0.1) is 17.0 Å². The third-order valence-corrected chi connectivity index (χ3v) is 6.87. The van der Waals surface area contributed by atoms with E-state index in [1.807, 2.05) is 6.92 Å². The Bertz CT molecular complexity index is 1450. The number of nitro benzene ring substituents is 1. The molecule has 0 saturated heterocycles. The summed E-state index contributed by atoms with van der Waals surface area (Å²) < 4.78 is 28.5. The number of carbonyl (C=O) groups is 1. The Morgan fingerprint density at radius 3 is 2.50 bits per heavy atom. The van der Waals surface area contributed by atoms with E-state index in [4.69, 9.17) is 0 Å². The summed E-state index contributed by atoms with van der Waals surface area (Å²) in [6.07, 6.45) is 0. The molecule has 0 aliphatic heterocycles. The molecule has 1 heterocycles. The molecular formula is C21H16N4O5S2. The van der Waals surface area contributed by atoms with Gasteiger partial charge in [0.1, 0.15) is 0 Å². The second-order valence-electron chi connectivity index (χ2n) is 6.85. The van der Waals surface area contributed by atoms with E-state index in [0.717, 1.165) is 16.9 Å². The van der Waals surface area contributed by atoms with Crippen LogP contribution in [0.1, 0.15) is 15.9 Å². The number of hydrogen-bond donors (Lipinski definition) is 2. The quantitative estimate of drug-likeness (QED) is 0.315. The van der Waals surface area contributed by atoms with Crippen LogP contribution in [0.3, 0.4) is 0 Å². The van der Waals surface area contributed by atoms with E-state index in [9.17, 15) is 23.3 Å². The molecule has 0 spiro atoms. The number of hydrogen-bond acceptors (Lipinski definition) is 7. The molecule has 1 aromatic heterocycles. The lowest BCUT2D eigenvalue weighted by Gasteiger charge is -2.12. The predicted molar refractivity (Wildman–Crippen MR) is 123 cm³/mol. The molecular weight excluding hydrogens is 452 g/mol. The fourth-order valence-corrected chi connectivity index (χ4v) is 4.91. The van der Waals surface area contributed by atoms with Crippen LogP contribution in [0.2, 0.25) is 0 Å². The summed E-state index contributed by atoms with van der Waals surface area (Å²) in [5, 5.41) is 13.8. The van der Waals surface area contributed by atoms with Crippen molar-refractivity contribution in [3.63, 3.8) is 0 Å². The highest BCUT2D eigenvalue weighted by molar-refractivity contribution is 7.92. The van der Waals surface area contributed by atoms with Crippen LogP contribution in [0.5, 0.6) is 0 Å². The number of thiazole rings is 1. The van der Waals surface area contributed by atoms with Crippen LogP contribution < -0.4 is 10.0 Å². The number of benzene rings is 3. The van der Waals surface area contributed by atoms with Gasteiger partial charge in [-0.1, -0.05) is 41.2 Å². The molecule has 32 heavy (non-hydrogen) atoms. The lowest BCUT2D eigenvalue weighted by molar-refractivity contribution is -0.384. The molecule has 1 amide bonds. The number of nitro groups is 1. The Morgan fingerprint density at radius 2 is 1.78 bits per heavy atom. The van der Waals surface area contributed by atoms with Gasteiger partial charge < -0.3 is 0 Å². The van der Waals surface area contributed by atoms with Crippen molar-refractivity contribution in [2.75, 3.05) is 10.0 Å². The lowest BCUT2D eigenvalue weighted by atomic mass is 10.2. The summed E-state index contributed by atoms with van der Waals surface area (Å²) in [7, 11) is -3.90. The second kappa shape index (κ2) is 8.36. The van der Waals surface area contributed by atoms with Crippen LogP contribution in [-0.2, 0) is 10.0 Å². The van der Waals surface area contributed by atoms with Gasteiger partial charge in [-0.3, -0.25) is 24.9 Å². The van der Waals surface area contributed by atoms with Gasteiger partial charge in [0.2, 0.25) is 0 Å². The number of non-ortho nitro benzene ring substituents is 1. The molecule has 2 N–H and O–H groups in total. The molecule has 162 valence electrons. The maximum absolute atomic E-state index is 12.9. The van der Waals surface area contributed by atoms with E-state index in [2.05, 4.69) is 15.0 Å². The molecule has 0 aliphatic carbocycles. The minimum Gasteiger partial charge on any atom is -0.298 e. The minimum atomic E-state index is -3.90. The molecule has 0 unspecified atom stereocenters. The van der Waals surface area contributed by atoms with Gasteiger partial charge in [-0.2, -0.15) is 0 Å². The van der Waals surface area contributed by atoms with Gasteiger partial charge in [0.25, 0.3) is 21.6 Å². The number of para-hydroxylation sites is 1. The van der Waals surface area contributed by atoms with Crippen molar-refractivity contribution in [3.8, 4) is 0 Å². The van der Waals surface area contributed by atoms with Crippen molar-refractivity contribution in [1.82, 2.24) is 4.98 Å². The number of aromatic nitrogens is 1. The van der Waals surface area contributed by atoms with Crippen molar-refractivity contribution in [1.29, 1.82) is 0 Å². The molecule has 3 aromatic carbocycles. The predicted octanol–water partition coefficient (Wildman–Crippen LogP) is 4.57.